The first-order chi connectivity index (χ1) is 9.93. The molecule has 1 aromatic heterocycles. The Balaban J connectivity index is 1.54. The molecule has 3 rings (SSSR count). The summed E-state index contributed by atoms with van der Waals surface area (Å²) in [7, 11) is 0. The van der Waals surface area contributed by atoms with Crippen molar-refractivity contribution in [3.05, 3.63) is 53.9 Å². The molecule has 20 heavy (non-hydrogen) atoms. The molecule has 2 heterocycles. The van der Waals surface area contributed by atoms with Crippen LogP contribution in [0.1, 0.15) is 11.1 Å². The molecule has 0 spiro atoms. The Morgan fingerprint density at radius 2 is 2.05 bits per heavy atom. The van der Waals surface area contributed by atoms with Crippen molar-refractivity contribution < 1.29 is 9.47 Å². The predicted molar refractivity (Wildman–Crippen MR) is 77.1 cm³/mol. The van der Waals surface area contributed by atoms with E-state index < -0.39 is 0 Å². The number of nitrogens with one attached hydrogen (secondary N) is 1. The fourth-order valence-electron chi connectivity index (χ4n) is 2.28. The number of aromatic nitrogens is 1. The molecule has 1 aliphatic heterocycles. The van der Waals surface area contributed by atoms with Crippen LogP contribution >= 0.6 is 0 Å². The van der Waals surface area contributed by atoms with Crippen molar-refractivity contribution in [3.8, 4) is 11.5 Å². The van der Waals surface area contributed by atoms with Gasteiger partial charge in [0.2, 0.25) is 0 Å². The molecular weight excluding hydrogens is 252 g/mol. The standard InChI is InChI=1S/C16H18N2O2/c1-4-14(16-15(5-1)19-9-10-20-16)12-18-8-6-13-3-2-7-17-11-13/h1-5,7,11,18H,6,8-10,12H2. The lowest BCUT2D eigenvalue weighted by Gasteiger charge is -2.21. The molecule has 0 saturated heterocycles. The van der Waals surface area contributed by atoms with Crippen molar-refractivity contribution in [2.45, 2.75) is 13.0 Å². The highest BCUT2D eigenvalue weighted by Crippen LogP contribution is 2.33. The van der Waals surface area contributed by atoms with E-state index >= 15 is 0 Å². The van der Waals surface area contributed by atoms with Crippen molar-refractivity contribution in [2.75, 3.05) is 19.8 Å². The van der Waals surface area contributed by atoms with Crippen LogP contribution in [0.5, 0.6) is 11.5 Å². The summed E-state index contributed by atoms with van der Waals surface area (Å²) >= 11 is 0. The van der Waals surface area contributed by atoms with E-state index in [9.17, 15) is 0 Å². The summed E-state index contributed by atoms with van der Waals surface area (Å²) in [4.78, 5) is 4.11. The minimum atomic E-state index is 0.625. The van der Waals surface area contributed by atoms with Gasteiger partial charge in [-0.15, -0.1) is 0 Å². The third-order valence-corrected chi connectivity index (χ3v) is 3.28. The minimum Gasteiger partial charge on any atom is -0.486 e. The second kappa shape index (κ2) is 6.39. The molecule has 0 bridgehead atoms. The van der Waals surface area contributed by atoms with E-state index in [2.05, 4.69) is 22.4 Å². The molecule has 0 fully saturated rings. The molecule has 0 amide bonds. The lowest BCUT2D eigenvalue weighted by Crippen LogP contribution is -2.20. The first-order valence-corrected chi connectivity index (χ1v) is 6.90. The molecule has 104 valence electrons. The summed E-state index contributed by atoms with van der Waals surface area (Å²) in [5.74, 6) is 1.73. The van der Waals surface area contributed by atoms with Crippen LogP contribution in [0.15, 0.2) is 42.7 Å². The summed E-state index contributed by atoms with van der Waals surface area (Å²) in [5, 5.41) is 3.44. The predicted octanol–water partition coefficient (Wildman–Crippen LogP) is 2.19. The quantitative estimate of drug-likeness (QED) is 0.846. The van der Waals surface area contributed by atoms with Gasteiger partial charge in [0.25, 0.3) is 0 Å². The lowest BCUT2D eigenvalue weighted by atomic mass is 10.1. The maximum absolute atomic E-state index is 5.69. The highest BCUT2D eigenvalue weighted by atomic mass is 16.6. The zero-order valence-corrected chi connectivity index (χ0v) is 11.3. The average Bonchev–Trinajstić information content (AvgIpc) is 2.53. The van der Waals surface area contributed by atoms with Crippen LogP contribution in [0.3, 0.4) is 0 Å². The Morgan fingerprint density at radius 1 is 1.10 bits per heavy atom. The van der Waals surface area contributed by atoms with E-state index in [1.807, 2.05) is 24.4 Å². The molecule has 1 N–H and O–H groups in total. The van der Waals surface area contributed by atoms with E-state index in [1.54, 1.807) is 6.20 Å². The molecule has 0 radical (unpaired) electrons. The zero-order chi connectivity index (χ0) is 13.6. The highest BCUT2D eigenvalue weighted by molar-refractivity contribution is 5.47. The molecule has 2 aromatic rings. The van der Waals surface area contributed by atoms with Gasteiger partial charge in [0.05, 0.1) is 0 Å². The zero-order valence-electron chi connectivity index (χ0n) is 11.3. The second-order valence-electron chi connectivity index (χ2n) is 4.73. The fourth-order valence-corrected chi connectivity index (χ4v) is 2.28. The Labute approximate surface area is 118 Å². The number of para-hydroxylation sites is 1. The van der Waals surface area contributed by atoms with Gasteiger partial charge < -0.3 is 14.8 Å². The molecule has 4 heteroatoms. The summed E-state index contributed by atoms with van der Waals surface area (Å²) in [5.41, 5.74) is 2.39. The van der Waals surface area contributed by atoms with E-state index in [0.717, 1.165) is 36.6 Å². The number of hydrogen-bond acceptors (Lipinski definition) is 4. The van der Waals surface area contributed by atoms with Gasteiger partial charge >= 0.3 is 0 Å². The van der Waals surface area contributed by atoms with Crippen LogP contribution in [0.4, 0.5) is 0 Å². The minimum absolute atomic E-state index is 0.625. The van der Waals surface area contributed by atoms with E-state index in [-0.39, 0.29) is 0 Å². The topological polar surface area (TPSA) is 43.4 Å². The molecule has 0 saturated carbocycles. The molecule has 4 nitrogen and oxygen atoms in total. The Hall–Kier alpha value is -2.07. The summed E-state index contributed by atoms with van der Waals surface area (Å²) in [6, 6.07) is 10.1. The average molecular weight is 270 g/mol. The van der Waals surface area contributed by atoms with Crippen molar-refractivity contribution in [3.63, 3.8) is 0 Å². The van der Waals surface area contributed by atoms with Crippen molar-refractivity contribution in [1.82, 2.24) is 10.3 Å². The van der Waals surface area contributed by atoms with E-state index in [4.69, 9.17) is 9.47 Å². The molecule has 0 atom stereocenters. The second-order valence-corrected chi connectivity index (χ2v) is 4.73. The number of rotatable bonds is 5. The largest absolute Gasteiger partial charge is 0.486 e. The molecular formula is C16H18N2O2. The number of fused-ring (bicyclic) bond motifs is 1. The number of ether oxygens (including phenoxy) is 2. The summed E-state index contributed by atoms with van der Waals surface area (Å²) in [6.07, 6.45) is 4.67. The SMILES string of the molecule is c1cncc(CCNCc2cccc3c2OCCO3)c1. The van der Waals surface area contributed by atoms with Gasteiger partial charge in [-0.05, 0) is 30.7 Å². The van der Waals surface area contributed by atoms with Crippen LogP contribution in [0, 0.1) is 0 Å². The number of nitrogens with zero attached hydrogens (tertiary/aromatic N) is 1. The van der Waals surface area contributed by atoms with Gasteiger partial charge in [-0.25, -0.2) is 0 Å². The maximum atomic E-state index is 5.69. The van der Waals surface area contributed by atoms with Gasteiger partial charge in [0, 0.05) is 24.5 Å². The van der Waals surface area contributed by atoms with Crippen LogP contribution in [0.25, 0.3) is 0 Å². The number of benzene rings is 1. The smallest absolute Gasteiger partial charge is 0.165 e. The normalized spacial score (nSPS) is 13.2. The van der Waals surface area contributed by atoms with Gasteiger partial charge in [-0.1, -0.05) is 18.2 Å². The third-order valence-electron chi connectivity index (χ3n) is 3.28. The van der Waals surface area contributed by atoms with Crippen LogP contribution in [-0.4, -0.2) is 24.7 Å². The molecule has 1 aliphatic rings. The highest BCUT2D eigenvalue weighted by Gasteiger charge is 2.14. The van der Waals surface area contributed by atoms with Gasteiger partial charge in [0.15, 0.2) is 11.5 Å². The Morgan fingerprint density at radius 3 is 2.95 bits per heavy atom. The van der Waals surface area contributed by atoms with Gasteiger partial charge in [0.1, 0.15) is 13.2 Å². The monoisotopic (exact) mass is 270 g/mol. The van der Waals surface area contributed by atoms with Gasteiger partial charge in [-0.2, -0.15) is 0 Å². The van der Waals surface area contributed by atoms with Crippen LogP contribution < -0.4 is 14.8 Å². The third kappa shape index (κ3) is 3.08. The van der Waals surface area contributed by atoms with Crippen LogP contribution in [0.2, 0.25) is 0 Å². The lowest BCUT2D eigenvalue weighted by molar-refractivity contribution is 0.169. The fraction of sp³-hybridized carbons (Fsp3) is 0.312. The van der Waals surface area contributed by atoms with Gasteiger partial charge in [-0.3, -0.25) is 4.98 Å². The Kier molecular flexibility index (Phi) is 4.13. The molecule has 1 aromatic carbocycles. The van der Waals surface area contributed by atoms with E-state index in [0.29, 0.717) is 13.2 Å². The first-order valence-electron chi connectivity index (χ1n) is 6.90. The van der Waals surface area contributed by atoms with Crippen molar-refractivity contribution >= 4 is 0 Å². The first kappa shape index (κ1) is 12.9. The van der Waals surface area contributed by atoms with Crippen molar-refractivity contribution in [1.29, 1.82) is 0 Å². The summed E-state index contributed by atoms with van der Waals surface area (Å²) in [6.45, 7) is 2.95. The molecule has 0 unspecified atom stereocenters. The van der Waals surface area contributed by atoms with Crippen molar-refractivity contribution in [2.24, 2.45) is 0 Å². The van der Waals surface area contributed by atoms with Crippen LogP contribution in [-0.2, 0) is 13.0 Å². The molecule has 0 aliphatic carbocycles. The number of hydrogen-bond donors (Lipinski definition) is 1. The maximum Gasteiger partial charge on any atom is 0.165 e. The van der Waals surface area contributed by atoms with E-state index in [1.165, 1.54) is 5.56 Å². The summed E-state index contributed by atoms with van der Waals surface area (Å²) < 4.78 is 11.3. The number of pyridine rings is 1. The Bertz CT molecular complexity index is 558.